The van der Waals surface area contributed by atoms with Crippen LogP contribution in [0.4, 0.5) is 33.5 Å². The number of benzene rings is 1. The van der Waals surface area contributed by atoms with Gasteiger partial charge in [0.25, 0.3) is 5.91 Å². The Morgan fingerprint density at radius 1 is 1.16 bits per heavy atom. The molecule has 5 rings (SSSR count). The highest BCUT2D eigenvalue weighted by atomic mass is 19.4. The molecule has 3 aromatic heterocycles. The van der Waals surface area contributed by atoms with Crippen molar-refractivity contribution in [2.24, 2.45) is 0 Å². The third-order valence-corrected chi connectivity index (χ3v) is 6.98. The smallest absolute Gasteiger partial charge is 0.353 e. The predicted molar refractivity (Wildman–Crippen MR) is 146 cm³/mol. The monoisotopic (exact) mass is 605 g/mol. The summed E-state index contributed by atoms with van der Waals surface area (Å²) in [6, 6.07) is 4.82. The first-order chi connectivity index (χ1) is 20.6. The lowest BCUT2D eigenvalue weighted by Crippen LogP contribution is -2.43. The Bertz CT molecular complexity index is 1630. The molecule has 1 aliphatic rings. The van der Waals surface area contributed by atoms with Gasteiger partial charge in [-0.15, -0.1) is 0 Å². The van der Waals surface area contributed by atoms with Gasteiger partial charge in [-0.25, -0.2) is 14.6 Å². The van der Waals surface area contributed by atoms with Crippen LogP contribution < -0.4 is 21.3 Å². The number of hydrogen-bond acceptors (Lipinski definition) is 7. The molecule has 0 aliphatic carbocycles. The van der Waals surface area contributed by atoms with E-state index in [1.165, 1.54) is 16.8 Å². The fraction of sp³-hybridized carbons (Fsp3) is 0.370. The van der Waals surface area contributed by atoms with Gasteiger partial charge >= 0.3 is 12.7 Å². The summed E-state index contributed by atoms with van der Waals surface area (Å²) in [5, 5.41) is 14.8. The Labute approximate surface area is 241 Å². The molecule has 0 spiro atoms. The maximum absolute atomic E-state index is 13.6. The highest BCUT2D eigenvalue weighted by molar-refractivity contribution is 5.96. The Hall–Kier alpha value is -4.60. The van der Waals surface area contributed by atoms with Gasteiger partial charge in [0.15, 0.2) is 17.2 Å². The Morgan fingerprint density at radius 3 is 2.65 bits per heavy atom. The summed E-state index contributed by atoms with van der Waals surface area (Å²) in [6.07, 6.45) is 1.73. The lowest BCUT2D eigenvalue weighted by atomic mass is 10.0. The number of aryl methyl sites for hydroxylation is 1. The Balaban J connectivity index is 1.31. The van der Waals surface area contributed by atoms with Gasteiger partial charge in [0.05, 0.1) is 23.5 Å². The maximum atomic E-state index is 13.6. The van der Waals surface area contributed by atoms with Crippen molar-refractivity contribution in [3.05, 3.63) is 59.8 Å². The molecule has 4 N–H and O–H groups in total. The number of anilines is 2. The van der Waals surface area contributed by atoms with E-state index in [0.29, 0.717) is 36.0 Å². The molecule has 1 fully saturated rings. The Morgan fingerprint density at radius 2 is 1.95 bits per heavy atom. The van der Waals surface area contributed by atoms with Crippen molar-refractivity contribution < 1.29 is 31.5 Å². The lowest BCUT2D eigenvalue weighted by Gasteiger charge is -2.14. The van der Waals surface area contributed by atoms with Crippen molar-refractivity contribution >= 4 is 29.0 Å². The van der Waals surface area contributed by atoms with Crippen molar-refractivity contribution in [3.8, 4) is 11.3 Å². The zero-order chi connectivity index (χ0) is 30.7. The molecule has 1 saturated heterocycles. The zero-order valence-corrected chi connectivity index (χ0v) is 22.9. The molecule has 228 valence electrons. The standard InChI is InChI=1S/C27H28F5N9O2/c1-2-15-12-16(5-6-17(15)24(42)35-8-9-36-25(43)19-4-3-7-33-19)38-22-23-37-13-20(40(23)11-10-34-22)18-14-41(26(28)29)39-21(18)27(30,31)32/h5-6,10-14,19,26,33H,2-4,7-9H2,1H3,(H,34,38)(H,35,42)(H,36,43). The van der Waals surface area contributed by atoms with Crippen molar-refractivity contribution in [2.45, 2.75) is 45.0 Å². The SMILES string of the molecule is CCc1cc(Nc2nccn3c(-c4cn(C(F)F)nc4C(F)(F)F)cnc23)ccc1C(=O)NCCNC(=O)C1CCCN1. The molecule has 43 heavy (non-hydrogen) atoms. The van der Waals surface area contributed by atoms with Crippen LogP contribution in [0.3, 0.4) is 0 Å². The summed E-state index contributed by atoms with van der Waals surface area (Å²) < 4.78 is 68.4. The second kappa shape index (κ2) is 12.3. The number of rotatable bonds is 10. The number of carbonyl (C=O) groups is 2. The minimum Gasteiger partial charge on any atom is -0.353 e. The number of imidazole rings is 1. The zero-order valence-electron chi connectivity index (χ0n) is 22.9. The first-order valence-electron chi connectivity index (χ1n) is 13.5. The molecule has 0 bridgehead atoms. The average molecular weight is 606 g/mol. The second-order valence-corrected chi connectivity index (χ2v) is 9.81. The number of nitrogens with one attached hydrogen (secondary N) is 4. The number of carbonyl (C=O) groups excluding carboxylic acids is 2. The van der Waals surface area contributed by atoms with Crippen LogP contribution in [-0.2, 0) is 17.4 Å². The van der Waals surface area contributed by atoms with E-state index in [9.17, 15) is 31.5 Å². The number of nitrogens with zero attached hydrogens (tertiary/aromatic N) is 5. The fourth-order valence-electron chi connectivity index (χ4n) is 4.91. The van der Waals surface area contributed by atoms with Crippen molar-refractivity contribution in [1.82, 2.24) is 40.1 Å². The van der Waals surface area contributed by atoms with Gasteiger partial charge in [-0.2, -0.15) is 27.1 Å². The highest BCUT2D eigenvalue weighted by Gasteiger charge is 2.39. The van der Waals surface area contributed by atoms with E-state index in [2.05, 4.69) is 36.3 Å². The predicted octanol–water partition coefficient (Wildman–Crippen LogP) is 3.91. The van der Waals surface area contributed by atoms with Crippen LogP contribution in [0.2, 0.25) is 0 Å². The molecule has 0 saturated carbocycles. The quantitative estimate of drug-likeness (QED) is 0.159. The van der Waals surface area contributed by atoms with Crippen LogP contribution in [0, 0.1) is 0 Å². The van der Waals surface area contributed by atoms with E-state index in [0.717, 1.165) is 25.6 Å². The lowest BCUT2D eigenvalue weighted by molar-refractivity contribution is -0.141. The molecular formula is C27H28F5N9O2. The number of aromatic nitrogens is 5. The van der Waals surface area contributed by atoms with E-state index in [1.54, 1.807) is 18.2 Å². The number of halogens is 5. The number of alkyl halides is 5. The van der Waals surface area contributed by atoms with E-state index < -0.39 is 24.0 Å². The van der Waals surface area contributed by atoms with Gasteiger partial charge in [0.2, 0.25) is 5.91 Å². The normalized spacial score (nSPS) is 15.3. The number of amides is 2. The van der Waals surface area contributed by atoms with Gasteiger partial charge in [0.1, 0.15) is 0 Å². The highest BCUT2D eigenvalue weighted by Crippen LogP contribution is 2.37. The molecule has 1 atom stereocenters. The van der Waals surface area contributed by atoms with Crippen LogP contribution in [0.5, 0.6) is 0 Å². The van der Waals surface area contributed by atoms with E-state index in [4.69, 9.17) is 0 Å². The largest absolute Gasteiger partial charge is 0.435 e. The van der Waals surface area contributed by atoms with Crippen LogP contribution in [0.15, 0.2) is 43.0 Å². The molecule has 2 amide bonds. The van der Waals surface area contributed by atoms with Crippen LogP contribution in [0.1, 0.15) is 47.9 Å². The molecule has 1 aromatic carbocycles. The summed E-state index contributed by atoms with van der Waals surface area (Å²) in [7, 11) is 0. The summed E-state index contributed by atoms with van der Waals surface area (Å²) in [5.41, 5.74) is -0.279. The molecule has 0 radical (unpaired) electrons. The molecule has 11 nitrogen and oxygen atoms in total. The topological polar surface area (TPSA) is 130 Å². The number of hydrogen-bond donors (Lipinski definition) is 4. The summed E-state index contributed by atoms with van der Waals surface area (Å²) in [4.78, 5) is 33.4. The van der Waals surface area contributed by atoms with Gasteiger partial charge in [-0.05, 0) is 49.6 Å². The average Bonchev–Trinajstić information content (AvgIpc) is 3.74. The molecular weight excluding hydrogens is 577 g/mol. The van der Waals surface area contributed by atoms with Gasteiger partial charge < -0.3 is 21.3 Å². The summed E-state index contributed by atoms with van der Waals surface area (Å²) in [5.74, 6) is -0.205. The molecule has 1 unspecified atom stereocenters. The van der Waals surface area contributed by atoms with Crippen molar-refractivity contribution in [2.75, 3.05) is 25.0 Å². The third kappa shape index (κ3) is 6.43. The van der Waals surface area contributed by atoms with Crippen molar-refractivity contribution in [3.63, 3.8) is 0 Å². The fourth-order valence-corrected chi connectivity index (χ4v) is 4.91. The van der Waals surface area contributed by atoms with Crippen LogP contribution in [0.25, 0.3) is 16.9 Å². The van der Waals surface area contributed by atoms with Gasteiger partial charge in [0, 0.05) is 42.9 Å². The second-order valence-electron chi connectivity index (χ2n) is 9.81. The van der Waals surface area contributed by atoms with Crippen molar-refractivity contribution in [1.29, 1.82) is 0 Å². The van der Waals surface area contributed by atoms with E-state index in [-0.39, 0.29) is 46.2 Å². The Kier molecular flexibility index (Phi) is 8.57. The van der Waals surface area contributed by atoms with Crippen LogP contribution in [-0.4, -0.2) is 61.6 Å². The molecule has 4 aromatic rings. The molecule has 16 heteroatoms. The molecule has 4 heterocycles. The first-order valence-corrected chi connectivity index (χ1v) is 13.5. The van der Waals surface area contributed by atoms with E-state index in [1.807, 2.05) is 6.92 Å². The maximum Gasteiger partial charge on any atom is 0.435 e. The van der Waals surface area contributed by atoms with Gasteiger partial charge in [-0.3, -0.25) is 14.0 Å². The summed E-state index contributed by atoms with van der Waals surface area (Å²) in [6.45, 7) is -0.0274. The summed E-state index contributed by atoms with van der Waals surface area (Å²) >= 11 is 0. The minimum atomic E-state index is -4.97. The van der Waals surface area contributed by atoms with Gasteiger partial charge in [-0.1, -0.05) is 6.92 Å². The molecule has 1 aliphatic heterocycles. The first kappa shape index (κ1) is 29.9. The minimum absolute atomic E-state index is 0.0497. The van der Waals surface area contributed by atoms with Crippen LogP contribution >= 0.6 is 0 Å². The third-order valence-electron chi connectivity index (χ3n) is 6.98. The van der Waals surface area contributed by atoms with E-state index >= 15 is 0 Å². The number of fused-ring (bicyclic) bond motifs is 1.